The van der Waals surface area contributed by atoms with Crippen molar-refractivity contribution < 1.29 is 41.9 Å². The molecule has 4 rings (SSSR count). The number of rotatable bonds is 3. The number of fused-ring (bicyclic) bond motifs is 2. The van der Waals surface area contributed by atoms with Gasteiger partial charge in [-0.3, -0.25) is 10.1 Å². The van der Waals surface area contributed by atoms with Crippen molar-refractivity contribution in [1.29, 1.82) is 0 Å². The largest absolute Gasteiger partial charge is 0.586 e. The van der Waals surface area contributed by atoms with Crippen molar-refractivity contribution in [3.63, 3.8) is 0 Å². The topological polar surface area (TPSA) is 124 Å². The van der Waals surface area contributed by atoms with E-state index in [0.29, 0.717) is 5.39 Å². The molecule has 0 bridgehead atoms. The highest BCUT2D eigenvalue weighted by Gasteiger charge is 2.43. The molecule has 3 heterocycles. The van der Waals surface area contributed by atoms with E-state index in [0.717, 1.165) is 12.3 Å². The van der Waals surface area contributed by atoms with E-state index in [-0.39, 0.29) is 34.3 Å². The third kappa shape index (κ3) is 6.06. The van der Waals surface area contributed by atoms with Gasteiger partial charge in [-0.1, -0.05) is 38.9 Å². The van der Waals surface area contributed by atoms with E-state index >= 15 is 0 Å². The van der Waals surface area contributed by atoms with Gasteiger partial charge in [0.15, 0.2) is 17.3 Å². The Morgan fingerprint density at radius 3 is 2.25 bits per heavy atom. The van der Waals surface area contributed by atoms with E-state index in [2.05, 4.69) is 31.0 Å². The molecule has 0 saturated heterocycles. The fourth-order valence-corrected chi connectivity index (χ4v) is 2.24. The monoisotopic (exact) mass is 454 g/mol. The molecule has 9 nitrogen and oxygen atoms in total. The molecule has 2 N–H and O–H groups in total. The van der Waals surface area contributed by atoms with Gasteiger partial charge in [0.2, 0.25) is 5.88 Å². The maximum absolute atomic E-state index is 13.0. The smallest absolute Gasteiger partial charge is 0.477 e. The van der Waals surface area contributed by atoms with Crippen LogP contribution in [0.5, 0.6) is 11.5 Å². The predicted octanol–water partition coefficient (Wildman–Crippen LogP) is 5.94. The number of carbonyl (C=O) groups is 2. The van der Waals surface area contributed by atoms with Crippen LogP contribution < -0.4 is 14.8 Å². The van der Waals surface area contributed by atoms with Crippen molar-refractivity contribution >= 4 is 28.7 Å². The fourth-order valence-electron chi connectivity index (χ4n) is 2.24. The molecule has 0 saturated carbocycles. The van der Waals surface area contributed by atoms with Gasteiger partial charge in [-0.25, -0.2) is 4.79 Å². The summed E-state index contributed by atoms with van der Waals surface area (Å²) >= 11 is 0. The van der Waals surface area contributed by atoms with Crippen molar-refractivity contribution in [3.8, 4) is 11.5 Å². The van der Waals surface area contributed by atoms with Crippen LogP contribution in [-0.2, 0) is 0 Å². The van der Waals surface area contributed by atoms with Crippen LogP contribution in [0.1, 0.15) is 55.5 Å². The number of carbonyl (C=O) groups excluding carboxylic acids is 1. The van der Waals surface area contributed by atoms with Crippen molar-refractivity contribution in [1.82, 2.24) is 5.16 Å². The molecule has 0 spiro atoms. The molecule has 1 aliphatic heterocycles. The molecule has 3 aromatic rings. The lowest BCUT2D eigenvalue weighted by Gasteiger charge is -2.04. The molecular weight excluding hydrogens is 430 g/mol. The van der Waals surface area contributed by atoms with Crippen LogP contribution in [0.15, 0.2) is 46.0 Å². The molecular formula is C21H24F2N2O7. The summed E-state index contributed by atoms with van der Waals surface area (Å²) < 4.78 is 44.6. The quantitative estimate of drug-likeness (QED) is 0.466. The van der Waals surface area contributed by atoms with Gasteiger partial charge in [0.1, 0.15) is 11.1 Å². The Hall–Kier alpha value is -3.89. The van der Waals surface area contributed by atoms with Gasteiger partial charge in [-0.15, -0.1) is 15.4 Å². The lowest BCUT2D eigenvalue weighted by atomic mass is 10.2. The van der Waals surface area contributed by atoms with E-state index in [9.17, 15) is 18.4 Å². The molecule has 11 heteroatoms. The Kier molecular flexibility index (Phi) is 9.39. The molecule has 0 radical (unpaired) electrons. The van der Waals surface area contributed by atoms with E-state index in [1.165, 1.54) is 12.1 Å². The first-order chi connectivity index (χ1) is 15.2. The number of benzene rings is 1. The number of allylic oxidation sites excluding steroid dienone is 1. The van der Waals surface area contributed by atoms with Gasteiger partial charge in [0.05, 0.1) is 6.20 Å². The number of alkyl halides is 2. The summed E-state index contributed by atoms with van der Waals surface area (Å²) in [6, 6.07) is 3.64. The van der Waals surface area contributed by atoms with Crippen LogP contribution in [0.4, 0.5) is 14.7 Å². The Morgan fingerprint density at radius 2 is 1.69 bits per heavy atom. The zero-order chi connectivity index (χ0) is 24.5. The minimum atomic E-state index is -3.76. The minimum absolute atomic E-state index is 0.0984. The Balaban J connectivity index is 0.000000662. The van der Waals surface area contributed by atoms with Gasteiger partial charge < -0.3 is 23.5 Å². The average molecular weight is 454 g/mol. The van der Waals surface area contributed by atoms with Crippen molar-refractivity contribution in [2.24, 2.45) is 0 Å². The minimum Gasteiger partial charge on any atom is -0.477 e. The molecule has 1 aliphatic rings. The molecule has 0 fully saturated rings. The number of nitrogens with one attached hydrogen (secondary N) is 1. The Morgan fingerprint density at radius 1 is 1.12 bits per heavy atom. The van der Waals surface area contributed by atoms with E-state index in [1.54, 1.807) is 6.08 Å². The maximum atomic E-state index is 13.0. The number of anilines is 1. The number of nitrogens with zero attached hydrogens (tertiary/aromatic N) is 1. The summed E-state index contributed by atoms with van der Waals surface area (Å²) in [6.45, 7) is 13.2. The number of halogens is 2. The summed E-state index contributed by atoms with van der Waals surface area (Å²) in [6.07, 6.45) is -1.09. The Labute approximate surface area is 182 Å². The lowest BCUT2D eigenvalue weighted by Crippen LogP contribution is -2.25. The second-order valence-electron chi connectivity index (χ2n) is 5.35. The third-order valence-electron chi connectivity index (χ3n) is 3.29. The van der Waals surface area contributed by atoms with E-state index in [1.807, 2.05) is 34.6 Å². The van der Waals surface area contributed by atoms with E-state index in [4.69, 9.17) is 9.52 Å². The molecule has 0 atom stereocenters. The number of hydrogen-bond acceptors (Lipinski definition) is 7. The zero-order valence-corrected chi connectivity index (χ0v) is 18.2. The number of carboxylic acid groups (broad SMARTS) is 1. The number of ether oxygens (including phenoxy) is 2. The van der Waals surface area contributed by atoms with E-state index < -0.39 is 18.2 Å². The summed E-state index contributed by atoms with van der Waals surface area (Å²) in [5.74, 6) is -3.17. The molecule has 174 valence electrons. The average Bonchev–Trinajstić information content (AvgIpc) is 3.44. The maximum Gasteiger partial charge on any atom is 0.586 e. The fraction of sp³-hybridized carbons (Fsp3) is 0.286. The molecule has 2 aromatic heterocycles. The number of aromatic carboxylic acids is 1. The van der Waals surface area contributed by atoms with Crippen LogP contribution in [0.2, 0.25) is 0 Å². The zero-order valence-electron chi connectivity index (χ0n) is 18.2. The van der Waals surface area contributed by atoms with Crippen LogP contribution in [-0.4, -0.2) is 28.4 Å². The number of carboxylic acids is 1. The number of amides is 1. The first-order valence-corrected chi connectivity index (χ1v) is 9.64. The SMILES string of the molecule is C=CC.CC.CC.O=C(Nc1oncc1C(=O)O)c1cc2cc3c(cc2o1)OC(F)(F)O3. The standard InChI is InChI=1S/C14H6F2N2O7.C3H6.2C2H6/c15-14(16)23-8-1-5-2-10(22-7(5)3-9(8)24-14)11(19)18-12-6(13(20)21)4-17-25-12;1-3-2;2*1-2/h1-4H,(H,18,19)(H,20,21);3H,1H2,2H3;2*1-2H3. The van der Waals surface area contributed by atoms with Gasteiger partial charge in [-0.05, 0) is 19.1 Å². The summed E-state index contributed by atoms with van der Waals surface area (Å²) in [7, 11) is 0. The van der Waals surface area contributed by atoms with Crippen molar-refractivity contribution in [2.75, 3.05) is 5.32 Å². The Bertz CT molecular complexity index is 1030. The van der Waals surface area contributed by atoms with Crippen molar-refractivity contribution in [3.05, 3.63) is 48.4 Å². The summed E-state index contributed by atoms with van der Waals surface area (Å²) in [5.41, 5.74) is -0.242. The number of aromatic nitrogens is 1. The normalized spacial score (nSPS) is 12.2. The number of hydrogen-bond donors (Lipinski definition) is 2. The second kappa shape index (κ2) is 11.5. The van der Waals surface area contributed by atoms with Gasteiger partial charge in [0, 0.05) is 11.5 Å². The van der Waals surface area contributed by atoms with Crippen molar-refractivity contribution in [2.45, 2.75) is 40.9 Å². The molecule has 1 amide bonds. The number of furan rings is 1. The first-order valence-electron chi connectivity index (χ1n) is 9.64. The van der Waals surface area contributed by atoms with Crippen LogP contribution in [0.3, 0.4) is 0 Å². The first kappa shape index (κ1) is 26.1. The highest BCUT2D eigenvalue weighted by molar-refractivity contribution is 6.06. The molecule has 0 aliphatic carbocycles. The second-order valence-corrected chi connectivity index (χ2v) is 5.35. The highest BCUT2D eigenvalue weighted by atomic mass is 19.3. The molecule has 1 aromatic carbocycles. The van der Waals surface area contributed by atoms with Crippen LogP contribution in [0, 0.1) is 0 Å². The summed E-state index contributed by atoms with van der Waals surface area (Å²) in [4.78, 5) is 23.1. The summed E-state index contributed by atoms with van der Waals surface area (Å²) in [5, 5.41) is 14.7. The van der Waals surface area contributed by atoms with Crippen LogP contribution in [0.25, 0.3) is 11.0 Å². The van der Waals surface area contributed by atoms with Gasteiger partial charge >= 0.3 is 12.3 Å². The molecule has 32 heavy (non-hydrogen) atoms. The lowest BCUT2D eigenvalue weighted by molar-refractivity contribution is -0.286. The molecule has 0 unspecified atom stereocenters. The third-order valence-corrected chi connectivity index (χ3v) is 3.29. The van der Waals surface area contributed by atoms with Gasteiger partial charge in [-0.2, -0.15) is 0 Å². The predicted molar refractivity (Wildman–Crippen MR) is 112 cm³/mol. The van der Waals surface area contributed by atoms with Gasteiger partial charge in [0.25, 0.3) is 5.91 Å². The van der Waals surface area contributed by atoms with Crippen LogP contribution >= 0.6 is 0 Å². The highest BCUT2D eigenvalue weighted by Crippen LogP contribution is 2.43.